The minimum Gasteiger partial charge on any atom is -0.466 e. The molecule has 8 nitrogen and oxygen atoms in total. The Morgan fingerprint density at radius 2 is 2.03 bits per heavy atom. The Balaban J connectivity index is 1.71. The van der Waals surface area contributed by atoms with Crippen molar-refractivity contribution >= 4 is 33.4 Å². The van der Waals surface area contributed by atoms with Gasteiger partial charge in [-0.05, 0) is 61.9 Å². The highest BCUT2D eigenvalue weighted by Crippen LogP contribution is 2.20. The van der Waals surface area contributed by atoms with E-state index in [0.717, 1.165) is 4.57 Å². The smallest absolute Gasteiger partial charge is 0.336 e. The van der Waals surface area contributed by atoms with Crippen molar-refractivity contribution in [2.75, 3.05) is 19.7 Å². The van der Waals surface area contributed by atoms with Gasteiger partial charge in [-0.25, -0.2) is 13.8 Å². The minimum absolute atomic E-state index is 0.232. The van der Waals surface area contributed by atoms with E-state index in [9.17, 15) is 23.6 Å². The van der Waals surface area contributed by atoms with Crippen molar-refractivity contribution in [3.05, 3.63) is 61.9 Å². The monoisotopic (exact) mass is 473 g/mol. The van der Waals surface area contributed by atoms with Gasteiger partial charge in [0.15, 0.2) is 0 Å². The Hall–Kier alpha value is -3.27. The van der Waals surface area contributed by atoms with E-state index >= 15 is 0 Å². The largest absolute Gasteiger partial charge is 0.466 e. The van der Waals surface area contributed by atoms with Crippen molar-refractivity contribution in [2.45, 2.75) is 33.2 Å². The summed E-state index contributed by atoms with van der Waals surface area (Å²) >= 11 is 1.17. The maximum Gasteiger partial charge on any atom is 0.336 e. The fourth-order valence-corrected chi connectivity index (χ4v) is 4.95. The lowest BCUT2D eigenvalue weighted by atomic mass is 9.98. The highest BCUT2D eigenvalue weighted by Gasteiger charge is 2.30. The first-order chi connectivity index (χ1) is 15.8. The van der Waals surface area contributed by atoms with E-state index < -0.39 is 23.0 Å². The summed E-state index contributed by atoms with van der Waals surface area (Å²) in [7, 11) is 0. The Labute approximate surface area is 192 Å². The van der Waals surface area contributed by atoms with E-state index in [0.29, 0.717) is 35.2 Å². The van der Waals surface area contributed by atoms with Gasteiger partial charge >= 0.3 is 11.7 Å². The topological polar surface area (TPSA) is 90.6 Å². The second kappa shape index (κ2) is 9.30. The number of rotatable bonds is 5. The van der Waals surface area contributed by atoms with Gasteiger partial charge in [-0.2, -0.15) is 0 Å². The van der Waals surface area contributed by atoms with E-state index in [1.165, 1.54) is 34.1 Å². The van der Waals surface area contributed by atoms with Crippen molar-refractivity contribution in [1.29, 1.82) is 0 Å². The van der Waals surface area contributed by atoms with E-state index in [1.807, 2.05) is 0 Å². The number of carbonyl (C=O) groups excluding carboxylic acids is 2. The van der Waals surface area contributed by atoms with Crippen molar-refractivity contribution in [3.8, 4) is 5.69 Å². The second-order valence-electron chi connectivity index (χ2n) is 8.01. The van der Waals surface area contributed by atoms with E-state index in [4.69, 9.17) is 4.74 Å². The number of thiophene rings is 1. The normalized spacial score (nSPS) is 16.2. The third kappa shape index (κ3) is 4.35. The number of aromatic nitrogens is 2. The minimum atomic E-state index is -0.677. The molecule has 0 N–H and O–H groups in total. The predicted octanol–water partition coefficient (Wildman–Crippen LogP) is 2.46. The number of esters is 1. The standard InChI is InChI=1S/C23H24FN3O5S/c1-3-32-22(30)15-5-4-9-25(12-15)19(28)13-26-18-8-10-33-20(18)21(29)27(23(26)31)16-6-7-17(24)14(2)11-16/h6-8,10-11,15H,3-5,9,12-13H2,1-2H3/t15-/m1/s1. The average Bonchev–Trinajstić information content (AvgIpc) is 3.29. The summed E-state index contributed by atoms with van der Waals surface area (Å²) < 4.78 is 21.4. The molecule has 33 heavy (non-hydrogen) atoms. The molecule has 1 aliphatic heterocycles. The van der Waals surface area contributed by atoms with Gasteiger partial charge < -0.3 is 9.64 Å². The van der Waals surface area contributed by atoms with Crippen LogP contribution in [0.25, 0.3) is 15.9 Å². The molecular weight excluding hydrogens is 449 g/mol. The Morgan fingerprint density at radius 1 is 1.24 bits per heavy atom. The average molecular weight is 474 g/mol. The molecule has 1 fully saturated rings. The van der Waals surface area contributed by atoms with Crippen LogP contribution >= 0.6 is 11.3 Å². The van der Waals surface area contributed by atoms with Crippen LogP contribution in [0.1, 0.15) is 25.3 Å². The highest BCUT2D eigenvalue weighted by atomic mass is 32.1. The summed E-state index contributed by atoms with van der Waals surface area (Å²) in [5.74, 6) is -1.48. The first-order valence-electron chi connectivity index (χ1n) is 10.8. The zero-order valence-electron chi connectivity index (χ0n) is 18.4. The molecule has 1 amide bonds. The van der Waals surface area contributed by atoms with Gasteiger partial charge in [0.25, 0.3) is 5.56 Å². The zero-order chi connectivity index (χ0) is 23.7. The van der Waals surface area contributed by atoms with Crippen molar-refractivity contribution < 1.29 is 18.7 Å². The lowest BCUT2D eigenvalue weighted by molar-refractivity contribution is -0.151. The number of piperidine rings is 1. The van der Waals surface area contributed by atoms with Gasteiger partial charge in [0.05, 0.1) is 23.7 Å². The maximum atomic E-state index is 13.8. The second-order valence-corrected chi connectivity index (χ2v) is 8.92. The van der Waals surface area contributed by atoms with Crippen LogP contribution in [0.4, 0.5) is 4.39 Å². The van der Waals surface area contributed by atoms with E-state index in [2.05, 4.69) is 0 Å². The molecule has 0 saturated carbocycles. The molecule has 0 aliphatic carbocycles. The van der Waals surface area contributed by atoms with Crippen molar-refractivity contribution in [1.82, 2.24) is 14.0 Å². The first kappa shape index (κ1) is 22.9. The molecule has 0 unspecified atom stereocenters. The third-order valence-electron chi connectivity index (χ3n) is 5.84. The van der Waals surface area contributed by atoms with Crippen molar-refractivity contribution in [2.24, 2.45) is 5.92 Å². The quantitative estimate of drug-likeness (QED) is 0.531. The van der Waals surface area contributed by atoms with Gasteiger partial charge in [0.2, 0.25) is 5.91 Å². The van der Waals surface area contributed by atoms with Crippen LogP contribution in [-0.2, 0) is 20.9 Å². The first-order valence-corrected chi connectivity index (χ1v) is 11.6. The molecule has 2 aromatic heterocycles. The SMILES string of the molecule is CCOC(=O)[C@@H]1CCCN(C(=O)Cn2c(=O)n(-c3ccc(F)c(C)c3)c(=O)c3sccc32)C1. The van der Waals surface area contributed by atoms with Crippen LogP contribution in [0, 0.1) is 18.7 Å². The number of likely N-dealkylation sites (tertiary alicyclic amines) is 1. The van der Waals surface area contributed by atoms with Gasteiger partial charge in [0, 0.05) is 13.1 Å². The Bertz CT molecular complexity index is 1340. The number of benzene rings is 1. The lowest BCUT2D eigenvalue weighted by Gasteiger charge is -2.31. The lowest BCUT2D eigenvalue weighted by Crippen LogP contribution is -2.46. The molecule has 1 aromatic carbocycles. The zero-order valence-corrected chi connectivity index (χ0v) is 19.2. The van der Waals surface area contributed by atoms with Gasteiger partial charge in [-0.1, -0.05) is 0 Å². The number of aryl methyl sites for hydroxylation is 1. The third-order valence-corrected chi connectivity index (χ3v) is 6.73. The molecule has 3 heterocycles. The molecule has 0 spiro atoms. The van der Waals surface area contributed by atoms with Gasteiger partial charge in [0.1, 0.15) is 17.1 Å². The summed E-state index contributed by atoms with van der Waals surface area (Å²) in [6.45, 7) is 4.00. The van der Waals surface area contributed by atoms with Crippen molar-refractivity contribution in [3.63, 3.8) is 0 Å². The fourth-order valence-electron chi connectivity index (χ4n) is 4.13. The number of fused-ring (bicyclic) bond motifs is 1. The van der Waals surface area contributed by atoms with E-state index in [-0.39, 0.29) is 37.3 Å². The molecule has 174 valence electrons. The number of amides is 1. The molecule has 0 radical (unpaired) electrons. The van der Waals surface area contributed by atoms with Crippen LogP contribution in [0.15, 0.2) is 39.2 Å². The number of halogens is 1. The number of ether oxygens (including phenoxy) is 1. The molecule has 4 rings (SSSR count). The predicted molar refractivity (Wildman–Crippen MR) is 122 cm³/mol. The molecule has 1 aliphatic rings. The molecular formula is C23H24FN3O5S. The Kier molecular flexibility index (Phi) is 6.46. The number of carbonyl (C=O) groups is 2. The summed E-state index contributed by atoms with van der Waals surface area (Å²) in [4.78, 5) is 53.2. The number of nitrogens with zero attached hydrogens (tertiary/aromatic N) is 3. The maximum absolute atomic E-state index is 13.8. The van der Waals surface area contributed by atoms with E-state index in [1.54, 1.807) is 30.2 Å². The van der Waals surface area contributed by atoms with Crippen LogP contribution in [0.5, 0.6) is 0 Å². The fraction of sp³-hybridized carbons (Fsp3) is 0.391. The van der Waals surface area contributed by atoms with Gasteiger partial charge in [-0.15, -0.1) is 11.3 Å². The molecule has 1 saturated heterocycles. The number of hydrogen-bond acceptors (Lipinski definition) is 6. The van der Waals surface area contributed by atoms with Crippen LogP contribution < -0.4 is 11.2 Å². The molecule has 3 aromatic rings. The summed E-state index contributed by atoms with van der Waals surface area (Å²) in [6.07, 6.45) is 1.30. The highest BCUT2D eigenvalue weighted by molar-refractivity contribution is 7.17. The van der Waals surface area contributed by atoms with Crippen LogP contribution in [0.3, 0.4) is 0 Å². The summed E-state index contributed by atoms with van der Waals surface area (Å²) in [5, 5.41) is 1.68. The van der Waals surface area contributed by atoms with Crippen LogP contribution in [0.2, 0.25) is 0 Å². The molecule has 0 bridgehead atoms. The molecule has 10 heteroatoms. The van der Waals surface area contributed by atoms with Crippen LogP contribution in [-0.4, -0.2) is 45.6 Å². The summed E-state index contributed by atoms with van der Waals surface area (Å²) in [6, 6.07) is 5.63. The van der Waals surface area contributed by atoms with Gasteiger partial charge in [-0.3, -0.25) is 19.0 Å². The number of hydrogen-bond donors (Lipinski definition) is 0. The Morgan fingerprint density at radius 3 is 2.76 bits per heavy atom. The molecule has 1 atom stereocenters. The summed E-state index contributed by atoms with van der Waals surface area (Å²) in [5.41, 5.74) is -0.284.